The van der Waals surface area contributed by atoms with E-state index < -0.39 is 5.91 Å². The molecule has 15 heavy (non-hydrogen) atoms. The zero-order valence-electron chi connectivity index (χ0n) is 7.50. The van der Waals surface area contributed by atoms with Crippen LogP contribution in [0.4, 0.5) is 0 Å². The second-order valence-corrected chi connectivity index (χ2v) is 3.91. The van der Waals surface area contributed by atoms with Gasteiger partial charge in [-0.3, -0.25) is 4.79 Å². The normalized spacial score (nSPS) is 10.9. The highest BCUT2D eigenvalue weighted by Gasteiger charge is 2.06. The van der Waals surface area contributed by atoms with Gasteiger partial charge in [-0.15, -0.1) is 0 Å². The minimum absolute atomic E-state index is 0.130. The van der Waals surface area contributed by atoms with Gasteiger partial charge >= 0.3 is 0 Å². The number of rotatable bonds is 2. The molecule has 0 heterocycles. The van der Waals surface area contributed by atoms with Crippen LogP contribution in [0.25, 0.3) is 6.08 Å². The number of hydrogen-bond donors (Lipinski definition) is 1. The van der Waals surface area contributed by atoms with Crippen molar-refractivity contribution in [1.29, 1.82) is 5.26 Å². The third kappa shape index (κ3) is 2.82. The summed E-state index contributed by atoms with van der Waals surface area (Å²) in [6.45, 7) is 0. The maximum absolute atomic E-state index is 10.8. The Bertz CT molecular complexity index is 477. The van der Waals surface area contributed by atoms with Gasteiger partial charge in [0, 0.05) is 4.47 Å². The molecule has 0 unspecified atom stereocenters. The van der Waals surface area contributed by atoms with Crippen molar-refractivity contribution in [1.82, 2.24) is 0 Å². The molecule has 0 spiro atoms. The molecule has 0 radical (unpaired) electrons. The van der Waals surface area contributed by atoms with Crippen molar-refractivity contribution in [3.63, 3.8) is 0 Å². The summed E-state index contributed by atoms with van der Waals surface area (Å²) in [6, 6.07) is 6.90. The summed E-state index contributed by atoms with van der Waals surface area (Å²) >= 11 is 9.18. The lowest BCUT2D eigenvalue weighted by atomic mass is 10.1. The quantitative estimate of drug-likeness (QED) is 0.670. The van der Waals surface area contributed by atoms with Gasteiger partial charge in [-0.1, -0.05) is 23.7 Å². The smallest absolute Gasteiger partial charge is 0.259 e. The van der Waals surface area contributed by atoms with E-state index in [1.807, 2.05) is 0 Å². The number of amides is 1. The average Bonchev–Trinajstić information content (AvgIpc) is 2.19. The van der Waals surface area contributed by atoms with Crippen molar-refractivity contribution in [2.24, 2.45) is 5.73 Å². The van der Waals surface area contributed by atoms with E-state index in [0.717, 1.165) is 0 Å². The number of benzene rings is 1. The van der Waals surface area contributed by atoms with E-state index in [2.05, 4.69) is 15.9 Å². The van der Waals surface area contributed by atoms with Crippen LogP contribution in [0.5, 0.6) is 0 Å². The summed E-state index contributed by atoms with van der Waals surface area (Å²) in [5.74, 6) is -0.770. The van der Waals surface area contributed by atoms with Gasteiger partial charge in [-0.05, 0) is 33.6 Å². The number of nitrogens with two attached hydrogens (primary N) is 1. The minimum Gasteiger partial charge on any atom is -0.365 e. The van der Waals surface area contributed by atoms with Gasteiger partial charge in [0.05, 0.1) is 5.02 Å². The first-order chi connectivity index (χ1) is 7.06. The Labute approximate surface area is 100 Å². The van der Waals surface area contributed by atoms with E-state index in [9.17, 15) is 4.79 Å². The molecule has 1 rings (SSSR count). The molecular weight excluding hydrogens is 279 g/mol. The van der Waals surface area contributed by atoms with Gasteiger partial charge in [-0.25, -0.2) is 0 Å². The fourth-order valence-electron chi connectivity index (χ4n) is 0.946. The molecule has 1 aromatic carbocycles. The fourth-order valence-corrected chi connectivity index (χ4v) is 1.51. The lowest BCUT2D eigenvalue weighted by molar-refractivity contribution is -0.114. The first-order valence-electron chi connectivity index (χ1n) is 3.92. The molecule has 0 aliphatic heterocycles. The molecule has 0 aliphatic rings. The number of hydrogen-bond acceptors (Lipinski definition) is 2. The van der Waals surface area contributed by atoms with Crippen molar-refractivity contribution >= 4 is 39.5 Å². The molecule has 0 aliphatic carbocycles. The summed E-state index contributed by atoms with van der Waals surface area (Å²) < 4.78 is 0.694. The second-order valence-electron chi connectivity index (χ2n) is 2.68. The van der Waals surface area contributed by atoms with Crippen LogP contribution in [-0.2, 0) is 4.79 Å². The van der Waals surface area contributed by atoms with Crippen molar-refractivity contribution in [2.45, 2.75) is 0 Å². The third-order valence-corrected chi connectivity index (χ3v) is 2.98. The zero-order chi connectivity index (χ0) is 11.4. The second kappa shape index (κ2) is 4.96. The van der Waals surface area contributed by atoms with Crippen molar-refractivity contribution < 1.29 is 4.79 Å². The van der Waals surface area contributed by atoms with Gasteiger partial charge in [0.25, 0.3) is 5.91 Å². The van der Waals surface area contributed by atoms with Gasteiger partial charge in [0.15, 0.2) is 0 Å². The summed E-state index contributed by atoms with van der Waals surface area (Å²) in [6.07, 6.45) is 1.36. The molecule has 1 aromatic rings. The van der Waals surface area contributed by atoms with E-state index >= 15 is 0 Å². The standard InChI is InChI=1S/C10H6BrClN2O/c11-8-3-1-2-6(9(8)12)4-7(5-13)10(14)15/h1-4H,(H2,14,15)/b7-4+. The predicted molar refractivity (Wildman–Crippen MR) is 61.9 cm³/mol. The zero-order valence-corrected chi connectivity index (χ0v) is 9.84. The molecule has 0 saturated heterocycles. The Morgan fingerprint density at radius 1 is 1.60 bits per heavy atom. The van der Waals surface area contributed by atoms with Crippen molar-refractivity contribution in [3.05, 3.63) is 38.8 Å². The maximum atomic E-state index is 10.8. The maximum Gasteiger partial charge on any atom is 0.259 e. The van der Waals surface area contributed by atoms with Gasteiger partial charge < -0.3 is 5.73 Å². The summed E-state index contributed by atoms with van der Waals surface area (Å²) in [5.41, 5.74) is 5.44. The number of halogens is 2. The molecule has 0 atom stereocenters. The lowest BCUT2D eigenvalue weighted by Gasteiger charge is -2.00. The van der Waals surface area contributed by atoms with Crippen LogP contribution in [0.15, 0.2) is 28.2 Å². The first-order valence-corrected chi connectivity index (χ1v) is 5.09. The topological polar surface area (TPSA) is 66.9 Å². The fraction of sp³-hybridized carbons (Fsp3) is 0. The van der Waals surface area contributed by atoms with Gasteiger partial charge in [0.2, 0.25) is 0 Å². The van der Waals surface area contributed by atoms with Crippen LogP contribution in [0.1, 0.15) is 5.56 Å². The molecule has 0 aromatic heterocycles. The predicted octanol–water partition coefficient (Wildman–Crippen LogP) is 2.49. The SMILES string of the molecule is N#C/C(=C\c1cccc(Br)c1Cl)C(N)=O. The lowest BCUT2D eigenvalue weighted by Crippen LogP contribution is -2.12. The Hall–Kier alpha value is -1.31. The summed E-state index contributed by atoms with van der Waals surface area (Å²) in [4.78, 5) is 10.8. The Morgan fingerprint density at radius 3 is 2.80 bits per heavy atom. The van der Waals surface area contributed by atoms with E-state index in [0.29, 0.717) is 15.1 Å². The Balaban J connectivity index is 3.25. The van der Waals surface area contributed by atoms with E-state index in [4.69, 9.17) is 22.6 Å². The van der Waals surface area contributed by atoms with E-state index in [1.54, 1.807) is 24.3 Å². The summed E-state index contributed by atoms with van der Waals surface area (Å²) in [7, 11) is 0. The monoisotopic (exact) mass is 284 g/mol. The third-order valence-electron chi connectivity index (χ3n) is 1.67. The number of primary amides is 1. The largest absolute Gasteiger partial charge is 0.365 e. The molecule has 1 amide bonds. The van der Waals surface area contributed by atoms with Crippen molar-refractivity contribution in [3.8, 4) is 6.07 Å². The molecule has 0 bridgehead atoms. The average molecular weight is 286 g/mol. The van der Waals surface area contributed by atoms with Crippen LogP contribution in [0.3, 0.4) is 0 Å². The highest BCUT2D eigenvalue weighted by atomic mass is 79.9. The van der Waals surface area contributed by atoms with Crippen LogP contribution < -0.4 is 5.73 Å². The minimum atomic E-state index is -0.770. The number of nitrogens with zero attached hydrogens (tertiary/aromatic N) is 1. The van der Waals surface area contributed by atoms with Crippen LogP contribution in [-0.4, -0.2) is 5.91 Å². The molecule has 5 heteroatoms. The van der Waals surface area contributed by atoms with E-state index in [-0.39, 0.29) is 5.57 Å². The highest BCUT2D eigenvalue weighted by molar-refractivity contribution is 9.10. The van der Waals surface area contributed by atoms with Crippen LogP contribution in [0.2, 0.25) is 5.02 Å². The molecule has 3 nitrogen and oxygen atoms in total. The van der Waals surface area contributed by atoms with Crippen molar-refractivity contribution in [2.75, 3.05) is 0 Å². The number of carbonyl (C=O) groups is 1. The Morgan fingerprint density at radius 2 is 2.27 bits per heavy atom. The number of nitriles is 1. The number of carbonyl (C=O) groups excluding carboxylic acids is 1. The molecule has 76 valence electrons. The molecule has 0 fully saturated rings. The first kappa shape index (κ1) is 11.8. The van der Waals surface area contributed by atoms with Gasteiger partial charge in [0.1, 0.15) is 11.6 Å². The summed E-state index contributed by atoms with van der Waals surface area (Å²) in [5, 5.41) is 9.08. The molecular formula is C10H6BrClN2O. The van der Waals surface area contributed by atoms with Crippen LogP contribution >= 0.6 is 27.5 Å². The molecule has 2 N–H and O–H groups in total. The highest BCUT2D eigenvalue weighted by Crippen LogP contribution is 2.27. The Kier molecular flexibility index (Phi) is 3.89. The molecule has 0 saturated carbocycles. The van der Waals surface area contributed by atoms with E-state index in [1.165, 1.54) is 6.08 Å². The van der Waals surface area contributed by atoms with Gasteiger partial charge in [-0.2, -0.15) is 5.26 Å². The van der Waals surface area contributed by atoms with Crippen LogP contribution in [0, 0.1) is 11.3 Å².